The van der Waals surface area contributed by atoms with Crippen LogP contribution in [0.1, 0.15) is 55.8 Å². The van der Waals surface area contributed by atoms with E-state index < -0.39 is 0 Å². The van der Waals surface area contributed by atoms with E-state index in [9.17, 15) is 0 Å². The van der Waals surface area contributed by atoms with Crippen molar-refractivity contribution in [1.82, 2.24) is 24.6 Å². The van der Waals surface area contributed by atoms with E-state index in [1.165, 1.54) is 37.7 Å². The topological polar surface area (TPSA) is 56.1 Å². The van der Waals surface area contributed by atoms with Crippen LogP contribution in [0, 0.1) is 0 Å². The van der Waals surface area contributed by atoms with Crippen molar-refractivity contribution in [3.8, 4) is 0 Å². The van der Waals surface area contributed by atoms with E-state index in [1.54, 1.807) is 0 Å². The van der Waals surface area contributed by atoms with Crippen LogP contribution in [-0.4, -0.2) is 50.4 Å². The van der Waals surface area contributed by atoms with Gasteiger partial charge >= 0.3 is 0 Å². The van der Waals surface area contributed by atoms with Gasteiger partial charge in [0.05, 0.1) is 12.6 Å². The molecule has 26 heavy (non-hydrogen) atoms. The van der Waals surface area contributed by atoms with Gasteiger partial charge in [0.2, 0.25) is 0 Å². The first-order chi connectivity index (χ1) is 12.9. The highest BCUT2D eigenvalue weighted by Crippen LogP contribution is 2.30. The predicted octanol–water partition coefficient (Wildman–Crippen LogP) is 3.01. The molecule has 0 amide bonds. The zero-order valence-electron chi connectivity index (χ0n) is 15.5. The maximum atomic E-state index is 6.01. The van der Waals surface area contributed by atoms with Gasteiger partial charge in [-0.15, -0.1) is 0 Å². The molecule has 3 heterocycles. The lowest BCUT2D eigenvalue weighted by molar-refractivity contribution is 0.0391. The molecule has 1 aliphatic heterocycles. The lowest BCUT2D eigenvalue weighted by atomic mass is 9.89. The van der Waals surface area contributed by atoms with Crippen molar-refractivity contribution in [1.29, 1.82) is 0 Å². The first kappa shape index (κ1) is 17.6. The van der Waals surface area contributed by atoms with Crippen LogP contribution < -0.4 is 0 Å². The molecular formula is C20H29N5O. The fourth-order valence-corrected chi connectivity index (χ4v) is 4.12. The Bertz CT molecular complexity index is 651. The average Bonchev–Trinajstić information content (AvgIpc) is 3.09. The van der Waals surface area contributed by atoms with E-state index in [-0.39, 0.29) is 6.10 Å². The Balaban J connectivity index is 1.34. The number of hydrogen-bond acceptors (Lipinski definition) is 5. The molecule has 1 saturated carbocycles. The molecule has 2 aromatic heterocycles. The van der Waals surface area contributed by atoms with Gasteiger partial charge < -0.3 is 4.74 Å². The van der Waals surface area contributed by atoms with Crippen molar-refractivity contribution >= 4 is 0 Å². The first-order valence-corrected chi connectivity index (χ1v) is 9.99. The van der Waals surface area contributed by atoms with Crippen LogP contribution in [0.4, 0.5) is 0 Å². The normalized spacial score (nSPS) is 23.0. The summed E-state index contributed by atoms with van der Waals surface area (Å²) in [6, 6.07) is 1.96. The Hall–Kier alpha value is -1.79. The summed E-state index contributed by atoms with van der Waals surface area (Å²) in [5, 5.41) is 4.30. The van der Waals surface area contributed by atoms with Crippen molar-refractivity contribution in [2.24, 2.45) is 0 Å². The summed E-state index contributed by atoms with van der Waals surface area (Å²) in [6.07, 6.45) is 15.6. The Morgan fingerprint density at radius 2 is 1.92 bits per heavy atom. The highest BCUT2D eigenvalue weighted by Gasteiger charge is 2.21. The molecule has 0 spiro atoms. The van der Waals surface area contributed by atoms with E-state index in [1.807, 2.05) is 35.5 Å². The third-order valence-electron chi connectivity index (χ3n) is 5.49. The summed E-state index contributed by atoms with van der Waals surface area (Å²) in [5.74, 6) is 1.62. The van der Waals surface area contributed by atoms with E-state index >= 15 is 0 Å². The van der Waals surface area contributed by atoms with Gasteiger partial charge in [0.25, 0.3) is 0 Å². The molecule has 0 bridgehead atoms. The van der Waals surface area contributed by atoms with Crippen LogP contribution in [0.2, 0.25) is 0 Å². The van der Waals surface area contributed by atoms with Gasteiger partial charge in [0, 0.05) is 62.5 Å². The molecule has 0 N–H and O–H groups in total. The second kappa shape index (κ2) is 8.73. The molecular weight excluding hydrogens is 326 g/mol. The Morgan fingerprint density at radius 1 is 1.08 bits per heavy atom. The lowest BCUT2D eigenvalue weighted by Crippen LogP contribution is -2.34. The summed E-state index contributed by atoms with van der Waals surface area (Å²) in [4.78, 5) is 11.8. The van der Waals surface area contributed by atoms with Crippen LogP contribution in [0.5, 0.6) is 0 Å². The predicted molar refractivity (Wildman–Crippen MR) is 99.7 cm³/mol. The van der Waals surface area contributed by atoms with Crippen LogP contribution in [-0.2, 0) is 17.8 Å². The summed E-state index contributed by atoms with van der Waals surface area (Å²) in [5.41, 5.74) is 1.20. The Kier molecular flexibility index (Phi) is 5.92. The van der Waals surface area contributed by atoms with Crippen molar-refractivity contribution in [2.45, 2.75) is 63.6 Å². The largest absolute Gasteiger partial charge is 0.375 e. The van der Waals surface area contributed by atoms with Gasteiger partial charge in [-0.05, 0) is 25.3 Å². The van der Waals surface area contributed by atoms with Crippen molar-refractivity contribution in [3.05, 3.63) is 42.2 Å². The Morgan fingerprint density at radius 3 is 2.69 bits per heavy atom. The SMILES string of the molecule is c1cnn(C[C@H]2CN(Cc3cnc(C4CCCCC4)nc3)CCCO2)c1. The fraction of sp³-hybridized carbons (Fsp3) is 0.650. The van der Waals surface area contributed by atoms with Gasteiger partial charge in [-0.2, -0.15) is 5.10 Å². The second-order valence-electron chi connectivity index (χ2n) is 7.59. The minimum atomic E-state index is 0.180. The van der Waals surface area contributed by atoms with Gasteiger partial charge in [0.1, 0.15) is 5.82 Å². The summed E-state index contributed by atoms with van der Waals surface area (Å²) < 4.78 is 7.96. The van der Waals surface area contributed by atoms with Crippen LogP contribution in [0.25, 0.3) is 0 Å². The summed E-state index contributed by atoms with van der Waals surface area (Å²) in [6.45, 7) is 4.49. The summed E-state index contributed by atoms with van der Waals surface area (Å²) >= 11 is 0. The third-order valence-corrected chi connectivity index (χ3v) is 5.49. The molecule has 6 heteroatoms. The highest BCUT2D eigenvalue weighted by molar-refractivity contribution is 5.08. The smallest absolute Gasteiger partial charge is 0.131 e. The average molecular weight is 355 g/mol. The third kappa shape index (κ3) is 4.68. The fourth-order valence-electron chi connectivity index (χ4n) is 4.12. The molecule has 1 saturated heterocycles. The number of nitrogens with zero attached hydrogens (tertiary/aromatic N) is 5. The lowest BCUT2D eigenvalue weighted by Gasteiger charge is -2.24. The minimum Gasteiger partial charge on any atom is -0.375 e. The van der Waals surface area contributed by atoms with Gasteiger partial charge in [-0.25, -0.2) is 9.97 Å². The number of hydrogen-bond donors (Lipinski definition) is 0. The molecule has 1 aliphatic carbocycles. The van der Waals surface area contributed by atoms with Crippen LogP contribution in [0.3, 0.4) is 0 Å². The highest BCUT2D eigenvalue weighted by atomic mass is 16.5. The molecule has 2 aliphatic rings. The summed E-state index contributed by atoms with van der Waals surface area (Å²) in [7, 11) is 0. The molecule has 2 fully saturated rings. The Labute approximate surface area is 155 Å². The molecule has 6 nitrogen and oxygen atoms in total. The van der Waals surface area contributed by atoms with Crippen molar-refractivity contribution in [2.75, 3.05) is 19.7 Å². The minimum absolute atomic E-state index is 0.180. The van der Waals surface area contributed by atoms with E-state index in [2.05, 4.69) is 20.0 Å². The maximum absolute atomic E-state index is 6.01. The van der Waals surface area contributed by atoms with Gasteiger partial charge in [-0.1, -0.05) is 19.3 Å². The molecule has 0 radical (unpaired) electrons. The van der Waals surface area contributed by atoms with Gasteiger partial charge in [0.15, 0.2) is 0 Å². The van der Waals surface area contributed by atoms with Crippen molar-refractivity contribution < 1.29 is 4.74 Å². The molecule has 4 rings (SSSR count). The van der Waals surface area contributed by atoms with Crippen LogP contribution in [0.15, 0.2) is 30.9 Å². The second-order valence-corrected chi connectivity index (χ2v) is 7.59. The van der Waals surface area contributed by atoms with Crippen LogP contribution >= 0.6 is 0 Å². The quantitative estimate of drug-likeness (QED) is 0.825. The van der Waals surface area contributed by atoms with E-state index in [4.69, 9.17) is 4.74 Å². The molecule has 0 aromatic carbocycles. The van der Waals surface area contributed by atoms with Gasteiger partial charge in [-0.3, -0.25) is 9.58 Å². The van der Waals surface area contributed by atoms with Crippen molar-refractivity contribution in [3.63, 3.8) is 0 Å². The van der Waals surface area contributed by atoms with E-state index in [0.29, 0.717) is 5.92 Å². The zero-order chi connectivity index (χ0) is 17.6. The number of rotatable bonds is 5. The van der Waals surface area contributed by atoms with E-state index in [0.717, 1.165) is 45.0 Å². The molecule has 140 valence electrons. The number of aromatic nitrogens is 4. The maximum Gasteiger partial charge on any atom is 0.131 e. The monoisotopic (exact) mass is 355 g/mol. The first-order valence-electron chi connectivity index (χ1n) is 9.99. The molecule has 0 unspecified atom stereocenters. The standard InChI is InChI=1S/C20H29N5O/c1-2-6-18(7-3-1)20-21-12-17(13-22-20)14-24-9-5-11-26-19(15-24)16-25-10-4-8-23-25/h4,8,10,12-13,18-19H,1-3,5-7,9,11,14-16H2/t19-/m1/s1. The number of ether oxygens (including phenoxy) is 1. The zero-order valence-corrected chi connectivity index (χ0v) is 15.5. The molecule has 2 aromatic rings. The molecule has 1 atom stereocenters.